The molecule has 1 aromatic rings. The minimum Gasteiger partial charge on any atom is -0.376 e. The van der Waals surface area contributed by atoms with Crippen LogP contribution in [-0.4, -0.2) is 43.0 Å². The number of aliphatic hydroxyl groups is 1. The van der Waals surface area contributed by atoms with Gasteiger partial charge in [0.2, 0.25) is 0 Å². The molecule has 3 nitrogen and oxygen atoms in total. The molecule has 0 unspecified atom stereocenters. The minimum atomic E-state index is -5.90. The summed E-state index contributed by atoms with van der Waals surface area (Å²) in [6.45, 7) is -0.0518. The van der Waals surface area contributed by atoms with Crippen LogP contribution < -0.4 is 5.32 Å². The van der Waals surface area contributed by atoms with Gasteiger partial charge in [0.05, 0.1) is 6.61 Å². The molecular weight excluding hydrogens is 333 g/mol. The molecule has 1 saturated heterocycles. The zero-order chi connectivity index (χ0) is 15.7. The van der Waals surface area contributed by atoms with Gasteiger partial charge in [-0.3, -0.25) is 0 Å². The molecule has 0 bridgehead atoms. The monoisotopic (exact) mass is 347 g/mol. The van der Waals surface area contributed by atoms with Gasteiger partial charge in [0, 0.05) is 13.1 Å². The summed E-state index contributed by atoms with van der Waals surface area (Å²) in [7, 11) is 0. The fourth-order valence-electron chi connectivity index (χ4n) is 2.31. The van der Waals surface area contributed by atoms with E-state index in [2.05, 4.69) is 5.32 Å². The Labute approximate surface area is 129 Å². The van der Waals surface area contributed by atoms with E-state index in [1.807, 2.05) is 0 Å². The summed E-state index contributed by atoms with van der Waals surface area (Å²) in [6.07, 6.45) is -7.62. The summed E-state index contributed by atoms with van der Waals surface area (Å²) >= 11 is 0. The predicted octanol–water partition coefficient (Wildman–Crippen LogP) is 2.48. The van der Waals surface area contributed by atoms with Crippen LogP contribution in [0.15, 0.2) is 30.3 Å². The van der Waals surface area contributed by atoms with Gasteiger partial charge in [-0.05, 0) is 5.56 Å². The molecule has 2 rings (SSSR count). The summed E-state index contributed by atoms with van der Waals surface area (Å²) in [6, 6.07) is 6.07. The van der Waals surface area contributed by atoms with Crippen molar-refractivity contribution in [1.82, 2.24) is 5.32 Å². The lowest BCUT2D eigenvalue weighted by Gasteiger charge is -2.43. The number of ether oxygens (including phenoxy) is 1. The number of nitrogens with one attached hydrogen (secondary N) is 1. The Kier molecular flexibility index (Phi) is 5.77. The Morgan fingerprint density at radius 3 is 2.14 bits per heavy atom. The minimum absolute atomic E-state index is 0. The van der Waals surface area contributed by atoms with Crippen LogP contribution in [0.2, 0.25) is 0 Å². The van der Waals surface area contributed by atoms with Crippen LogP contribution >= 0.6 is 12.4 Å². The molecule has 0 aromatic heterocycles. The molecule has 0 radical (unpaired) electrons. The number of halogens is 6. The lowest BCUT2D eigenvalue weighted by molar-refractivity contribution is -0.365. The highest BCUT2D eigenvalue weighted by molar-refractivity contribution is 5.85. The number of hydrogen-bond donors (Lipinski definition) is 2. The van der Waals surface area contributed by atoms with Gasteiger partial charge in [0.1, 0.15) is 6.10 Å². The third kappa shape index (κ3) is 3.05. The Hall–Kier alpha value is -0.960. The number of benzene rings is 1. The molecule has 1 aliphatic rings. The maximum atomic E-state index is 14.0. The molecule has 1 aromatic carbocycles. The summed E-state index contributed by atoms with van der Waals surface area (Å²) in [4.78, 5) is 0. The molecule has 1 aliphatic heterocycles. The van der Waals surface area contributed by atoms with E-state index in [0.29, 0.717) is 6.54 Å². The van der Waals surface area contributed by atoms with E-state index in [1.54, 1.807) is 0 Å². The molecule has 22 heavy (non-hydrogen) atoms. The van der Waals surface area contributed by atoms with Crippen LogP contribution in [0.3, 0.4) is 0 Å². The third-order valence-electron chi connectivity index (χ3n) is 3.44. The van der Waals surface area contributed by atoms with Crippen molar-refractivity contribution in [2.24, 2.45) is 0 Å². The fraction of sp³-hybridized carbons (Fsp3) is 0.538. The van der Waals surface area contributed by atoms with E-state index in [-0.39, 0.29) is 25.6 Å². The molecule has 0 spiro atoms. The van der Waals surface area contributed by atoms with Crippen molar-refractivity contribution in [2.45, 2.75) is 23.8 Å². The molecule has 1 fully saturated rings. The smallest absolute Gasteiger partial charge is 0.376 e. The average Bonchev–Trinajstić information content (AvgIpc) is 2.47. The van der Waals surface area contributed by atoms with Gasteiger partial charge in [0.15, 0.2) is 5.60 Å². The molecule has 2 atom stereocenters. The maximum absolute atomic E-state index is 14.0. The van der Waals surface area contributed by atoms with E-state index < -0.39 is 29.4 Å². The Balaban J connectivity index is 0.00000242. The van der Waals surface area contributed by atoms with E-state index in [0.717, 1.165) is 12.1 Å². The lowest BCUT2D eigenvalue weighted by Crippen LogP contribution is -2.64. The first-order valence-corrected chi connectivity index (χ1v) is 6.26. The quantitative estimate of drug-likeness (QED) is 0.826. The Morgan fingerprint density at radius 1 is 1.09 bits per heavy atom. The first-order chi connectivity index (χ1) is 9.71. The van der Waals surface area contributed by atoms with Crippen LogP contribution in [0.5, 0.6) is 0 Å². The van der Waals surface area contributed by atoms with Gasteiger partial charge in [-0.2, -0.15) is 22.0 Å². The highest BCUT2D eigenvalue weighted by Gasteiger charge is 2.73. The highest BCUT2D eigenvalue weighted by atomic mass is 35.5. The van der Waals surface area contributed by atoms with Gasteiger partial charge in [-0.15, -0.1) is 12.4 Å². The number of alkyl halides is 5. The molecule has 0 amide bonds. The number of hydrogen-bond acceptors (Lipinski definition) is 3. The van der Waals surface area contributed by atoms with Crippen molar-refractivity contribution in [3.05, 3.63) is 35.9 Å². The van der Waals surface area contributed by atoms with Gasteiger partial charge in [-0.25, -0.2) is 0 Å². The standard InChI is InChI=1S/C13H14F5NO2.ClH/c14-12(15,13(16,17)18)11(20,9-4-2-1-3-5-9)10-8-19-6-7-21-10;/h1-5,10,19-20H,6-8H2;1H/t10-,11+;/m0./s1. The first kappa shape index (κ1) is 19.1. The summed E-state index contributed by atoms with van der Waals surface area (Å²) < 4.78 is 71.3. The van der Waals surface area contributed by atoms with Gasteiger partial charge >= 0.3 is 12.1 Å². The lowest BCUT2D eigenvalue weighted by atomic mass is 9.81. The topological polar surface area (TPSA) is 41.5 Å². The summed E-state index contributed by atoms with van der Waals surface area (Å²) in [5.41, 5.74) is -4.04. The highest BCUT2D eigenvalue weighted by Crippen LogP contribution is 2.50. The predicted molar refractivity (Wildman–Crippen MR) is 71.2 cm³/mol. The fourth-order valence-corrected chi connectivity index (χ4v) is 2.31. The Bertz CT molecular complexity index is 479. The van der Waals surface area contributed by atoms with E-state index in [4.69, 9.17) is 4.74 Å². The van der Waals surface area contributed by atoms with Crippen LogP contribution in [0, 0.1) is 0 Å². The van der Waals surface area contributed by atoms with Gasteiger partial charge < -0.3 is 15.2 Å². The van der Waals surface area contributed by atoms with Crippen LogP contribution in [-0.2, 0) is 10.3 Å². The van der Waals surface area contributed by atoms with Crippen LogP contribution in [0.1, 0.15) is 5.56 Å². The second kappa shape index (κ2) is 6.66. The van der Waals surface area contributed by atoms with E-state index >= 15 is 0 Å². The van der Waals surface area contributed by atoms with Crippen molar-refractivity contribution in [2.75, 3.05) is 19.7 Å². The van der Waals surface area contributed by atoms with Gasteiger partial charge in [0.25, 0.3) is 0 Å². The zero-order valence-corrected chi connectivity index (χ0v) is 12.1. The van der Waals surface area contributed by atoms with Crippen molar-refractivity contribution >= 4 is 12.4 Å². The van der Waals surface area contributed by atoms with Crippen molar-refractivity contribution in [1.29, 1.82) is 0 Å². The van der Waals surface area contributed by atoms with Crippen LogP contribution in [0.25, 0.3) is 0 Å². The Morgan fingerprint density at radius 2 is 1.68 bits per heavy atom. The largest absolute Gasteiger partial charge is 0.456 e. The number of rotatable bonds is 3. The summed E-state index contributed by atoms with van der Waals surface area (Å²) in [5.74, 6) is -5.36. The molecule has 2 N–H and O–H groups in total. The summed E-state index contributed by atoms with van der Waals surface area (Å²) in [5, 5.41) is 13.0. The molecular formula is C13H15ClF5NO2. The molecule has 0 saturated carbocycles. The molecule has 0 aliphatic carbocycles. The van der Waals surface area contributed by atoms with Crippen molar-refractivity contribution in [3.8, 4) is 0 Å². The first-order valence-electron chi connectivity index (χ1n) is 6.26. The van der Waals surface area contributed by atoms with Crippen molar-refractivity contribution < 1.29 is 31.8 Å². The average molecular weight is 348 g/mol. The SMILES string of the molecule is Cl.O[C@](c1ccccc1)([C@@H]1CNCCO1)C(F)(F)C(F)(F)F. The molecule has 1 heterocycles. The second-order valence-corrected chi connectivity index (χ2v) is 4.77. The zero-order valence-electron chi connectivity index (χ0n) is 11.2. The second-order valence-electron chi connectivity index (χ2n) is 4.77. The normalized spacial score (nSPS) is 22.5. The molecule has 9 heteroatoms. The number of morpholine rings is 1. The maximum Gasteiger partial charge on any atom is 0.456 e. The third-order valence-corrected chi connectivity index (χ3v) is 3.44. The van der Waals surface area contributed by atoms with E-state index in [1.165, 1.54) is 18.2 Å². The van der Waals surface area contributed by atoms with Gasteiger partial charge in [-0.1, -0.05) is 30.3 Å². The molecule has 126 valence electrons. The van der Waals surface area contributed by atoms with E-state index in [9.17, 15) is 27.1 Å². The van der Waals surface area contributed by atoms with Crippen LogP contribution in [0.4, 0.5) is 22.0 Å². The van der Waals surface area contributed by atoms with Crippen molar-refractivity contribution in [3.63, 3.8) is 0 Å².